The van der Waals surface area contributed by atoms with E-state index in [-0.39, 0.29) is 0 Å². The molecule has 0 radical (unpaired) electrons. The monoisotopic (exact) mass is 690 g/mol. The van der Waals surface area contributed by atoms with Crippen LogP contribution in [0.5, 0.6) is 0 Å². The molecule has 42 heavy (non-hydrogen) atoms. The fraction of sp³-hybridized carbons (Fsp3) is 0.222. The number of rotatable bonds is 4. The quantitative estimate of drug-likeness (QED) is 0.114. The van der Waals surface area contributed by atoms with Crippen molar-refractivity contribution < 1.29 is 125 Å². The van der Waals surface area contributed by atoms with Gasteiger partial charge in [0.25, 0.3) is 0 Å². The van der Waals surface area contributed by atoms with Crippen LogP contribution in [0, 0.1) is 41.0 Å². The van der Waals surface area contributed by atoms with Crippen LogP contribution >= 0.6 is 0 Å². The predicted molar refractivity (Wildman–Crippen MR) is 93.1 cm³/mol. The smallest absolute Gasteiger partial charge is 0.176 e. The number of benzene rings is 2. The summed E-state index contributed by atoms with van der Waals surface area (Å²) in [7, 11) is -19.3. The molecule has 2 aromatic heterocycles. The van der Waals surface area contributed by atoms with Gasteiger partial charge < -0.3 is 11.5 Å². The second-order valence-corrected chi connectivity index (χ2v) is 10.5. The van der Waals surface area contributed by atoms with Gasteiger partial charge in [0.05, 0.1) is 42.9 Å². The molecule has 2 aromatic carbocycles. The summed E-state index contributed by atoms with van der Waals surface area (Å²) in [6.07, 6.45) is 8.76. The lowest BCUT2D eigenvalue weighted by Crippen LogP contribution is -2.68. The number of nitrogens with two attached hydrogens (primary N) is 2. The van der Waals surface area contributed by atoms with Crippen molar-refractivity contribution in [3.63, 3.8) is 0 Å². The maximum absolute atomic E-state index is 8.60. The van der Waals surface area contributed by atoms with Gasteiger partial charge >= 0.3 is 0 Å². The van der Waals surface area contributed by atoms with E-state index in [0.717, 1.165) is 13.1 Å². The van der Waals surface area contributed by atoms with E-state index in [0.29, 0.717) is 13.1 Å². The van der Waals surface area contributed by atoms with Crippen LogP contribution in [0.3, 0.4) is 0 Å². The zero-order valence-electron chi connectivity index (χ0n) is 20.6. The van der Waals surface area contributed by atoms with Crippen LogP contribution in [0.1, 0.15) is 0 Å². The van der Waals surface area contributed by atoms with E-state index >= 15 is 0 Å². The second kappa shape index (κ2) is 16.9. The normalized spacial score (nSPS) is 12.0. The molecular formula is C18H22Cl4N4O16. The van der Waals surface area contributed by atoms with Crippen LogP contribution < -0.4 is 85.8 Å². The molecule has 0 aliphatic carbocycles. The highest BCUT2D eigenvalue weighted by Gasteiger charge is 2.15. The summed E-state index contributed by atoms with van der Waals surface area (Å²) < 4.78 is 138. The van der Waals surface area contributed by atoms with E-state index < -0.39 is 41.0 Å². The fourth-order valence-corrected chi connectivity index (χ4v) is 3.38. The van der Waals surface area contributed by atoms with Gasteiger partial charge in [-0.25, -0.2) is 46.4 Å². The summed E-state index contributed by atoms with van der Waals surface area (Å²) in [5.74, 6) is 0. The maximum Gasteiger partial charge on any atom is 0.176 e. The van der Waals surface area contributed by atoms with Gasteiger partial charge in [0.1, 0.15) is 0 Å². The zero-order chi connectivity index (χ0) is 33.1. The lowest BCUT2D eigenvalue weighted by Gasteiger charge is -2.17. The van der Waals surface area contributed by atoms with Crippen molar-refractivity contribution in [2.45, 2.75) is 13.1 Å². The van der Waals surface area contributed by atoms with Crippen LogP contribution in [-0.4, -0.2) is 22.4 Å². The highest BCUT2D eigenvalue weighted by atomic mass is 35.7. The third kappa shape index (κ3) is 21.0. The fourth-order valence-electron chi connectivity index (χ4n) is 3.38. The molecule has 0 saturated heterocycles. The van der Waals surface area contributed by atoms with E-state index in [2.05, 4.69) is 58.2 Å². The van der Waals surface area contributed by atoms with Crippen molar-refractivity contribution in [2.24, 2.45) is 11.5 Å². The van der Waals surface area contributed by atoms with Gasteiger partial charge in [0.2, 0.25) is 0 Å². The van der Waals surface area contributed by atoms with Gasteiger partial charge in [0, 0.05) is 32.3 Å². The van der Waals surface area contributed by atoms with Crippen molar-refractivity contribution in [2.75, 3.05) is 13.1 Å². The highest BCUT2D eigenvalue weighted by molar-refractivity contribution is 6.21. The third-order valence-corrected chi connectivity index (χ3v) is 4.28. The molecule has 4 aromatic rings. The SMILES string of the molecule is NCC[n+]1cc2ccc3c[n+](CCN)cc4ccc(c1)c2c34.[O-][Cl+3]([O-])([O-])O.[O-][Cl+3]([O-])([O-])O.[O-][Cl+3]([O-])([O-])[O-].[O-][Cl+3]([O-])([O-])[O-]. The first-order valence-electron chi connectivity index (χ1n) is 10.2. The van der Waals surface area contributed by atoms with Crippen molar-refractivity contribution >= 4 is 32.3 Å². The lowest BCUT2D eigenvalue weighted by molar-refractivity contribution is -2.00. The number of hydrogen-bond donors (Lipinski definition) is 4. The van der Waals surface area contributed by atoms with Crippen molar-refractivity contribution in [3.8, 4) is 0 Å². The number of nitrogens with zero attached hydrogens (tertiary/aromatic N) is 2. The molecule has 2 heterocycles. The molecular weight excluding hydrogens is 670 g/mol. The summed E-state index contributed by atoms with van der Waals surface area (Å²) in [6.45, 7) is 2.98. The Hall–Kier alpha value is -1.78. The number of pyridine rings is 2. The van der Waals surface area contributed by atoms with Crippen LogP contribution in [0.25, 0.3) is 32.3 Å². The molecule has 0 amide bonds. The average molecular weight is 692 g/mol. The Balaban J connectivity index is 0.000000690. The molecule has 20 nitrogen and oxygen atoms in total. The Labute approximate surface area is 243 Å². The Morgan fingerprint density at radius 3 is 0.786 bits per heavy atom. The van der Waals surface area contributed by atoms with Gasteiger partial charge in [-0.05, 0) is 24.3 Å². The Morgan fingerprint density at radius 1 is 0.476 bits per heavy atom. The standard InChI is InChI=1S/C18H20N4.4ClHO4/c19-5-7-21-9-13-1-2-14-10-22(8-6-20)12-16-4-3-15(11-21)17(13)18(14)16;4*2-1(3,4)5/h1-4,9-12H,5-8,19-20H2;4*(H,2,3,4,5)/q+2;;;;/p-2. The predicted octanol–water partition coefficient (Wildman–Crippen LogP) is -16.7. The third-order valence-electron chi connectivity index (χ3n) is 4.28. The average Bonchev–Trinajstić information content (AvgIpc) is 2.73. The molecule has 0 saturated carbocycles. The number of halogens is 4. The van der Waals surface area contributed by atoms with E-state index in [1.165, 1.54) is 32.3 Å². The summed E-state index contributed by atoms with van der Waals surface area (Å²) in [5.41, 5.74) is 11.4. The van der Waals surface area contributed by atoms with E-state index in [1.807, 2.05) is 0 Å². The molecule has 0 fully saturated rings. The molecule has 0 aliphatic heterocycles. The van der Waals surface area contributed by atoms with Gasteiger partial charge in [-0.1, -0.05) is 0 Å². The van der Waals surface area contributed by atoms with Crippen molar-refractivity contribution in [1.29, 1.82) is 0 Å². The zero-order valence-corrected chi connectivity index (χ0v) is 23.6. The Kier molecular flexibility index (Phi) is 16.2. The van der Waals surface area contributed by atoms with Gasteiger partial charge in [-0.2, -0.15) is 28.0 Å². The van der Waals surface area contributed by atoms with Crippen LogP contribution in [0.4, 0.5) is 0 Å². The van der Waals surface area contributed by atoms with E-state index in [1.54, 1.807) is 0 Å². The maximum atomic E-state index is 8.60. The van der Waals surface area contributed by atoms with Crippen molar-refractivity contribution in [3.05, 3.63) is 49.1 Å². The first kappa shape index (κ1) is 40.2. The summed E-state index contributed by atoms with van der Waals surface area (Å²) >= 11 is 0. The van der Waals surface area contributed by atoms with Crippen LogP contribution in [-0.2, 0) is 13.1 Å². The van der Waals surface area contributed by atoms with E-state index in [4.69, 9.17) is 86.0 Å². The highest BCUT2D eigenvalue weighted by Crippen LogP contribution is 2.32. The second-order valence-electron chi connectivity index (χ2n) is 7.36. The molecule has 4 rings (SSSR count). The van der Waals surface area contributed by atoms with Crippen molar-refractivity contribution in [1.82, 2.24) is 0 Å². The molecule has 238 valence electrons. The molecule has 0 aliphatic rings. The summed E-state index contributed by atoms with van der Waals surface area (Å²) in [5, 5.41) is 7.73. The van der Waals surface area contributed by atoms with Gasteiger partial charge in [-0.15, -0.1) is 20.5 Å². The van der Waals surface area contributed by atoms with Gasteiger partial charge in [-0.3, -0.25) is 0 Å². The minimum atomic E-state index is -4.94. The largest absolute Gasteiger partial charge is 0.325 e. The lowest BCUT2D eigenvalue weighted by atomic mass is 9.97. The minimum absolute atomic E-state index is 0.650. The Morgan fingerprint density at radius 2 is 0.643 bits per heavy atom. The first-order valence-corrected chi connectivity index (χ1v) is 15.2. The topological polar surface area (TPSA) is 423 Å². The summed E-state index contributed by atoms with van der Waals surface area (Å²) in [6, 6.07) is 8.79. The van der Waals surface area contributed by atoms with Gasteiger partial charge in [0.15, 0.2) is 37.9 Å². The van der Waals surface area contributed by atoms with Crippen LogP contribution in [0.2, 0.25) is 0 Å². The number of aromatic nitrogens is 2. The molecule has 0 unspecified atom stereocenters. The Bertz CT molecular complexity index is 1140. The molecule has 24 heteroatoms. The number of hydrogen-bond acceptors (Lipinski definition) is 18. The molecule has 0 bridgehead atoms. The van der Waals surface area contributed by atoms with Crippen LogP contribution in [0.15, 0.2) is 49.1 Å². The molecule has 0 spiro atoms. The van der Waals surface area contributed by atoms with E-state index in [9.17, 15) is 0 Å². The molecule has 6 N–H and O–H groups in total. The first-order chi connectivity index (χ1) is 18.8. The molecule has 0 atom stereocenters. The minimum Gasteiger partial charge on any atom is -0.325 e. The summed E-state index contributed by atoms with van der Waals surface area (Å²) in [4.78, 5) is 0.